The highest BCUT2D eigenvalue weighted by Gasteiger charge is 2.55. The first-order valence-corrected chi connectivity index (χ1v) is 10.8. The van der Waals surface area contributed by atoms with E-state index in [0.29, 0.717) is 20.5 Å². The summed E-state index contributed by atoms with van der Waals surface area (Å²) >= 11 is 3.47. The number of aromatic hydroxyl groups is 2. The van der Waals surface area contributed by atoms with E-state index in [2.05, 4.69) is 20.9 Å². The van der Waals surface area contributed by atoms with E-state index in [9.17, 15) is 25.1 Å². The number of phenolic OH excluding ortho intramolecular Hbond substituents is 2. The maximum atomic E-state index is 13.4. The fraction of sp³-hybridized carbons (Fsp3) is 0.217. The van der Waals surface area contributed by atoms with Crippen molar-refractivity contribution >= 4 is 21.8 Å². The van der Waals surface area contributed by atoms with Crippen LogP contribution in [0.4, 0.5) is 0 Å². The quantitative estimate of drug-likeness (QED) is 0.282. The zero-order chi connectivity index (χ0) is 22.8. The van der Waals surface area contributed by atoms with Crippen molar-refractivity contribution in [3.63, 3.8) is 0 Å². The molecule has 1 saturated heterocycles. The number of carbonyl (C=O) groups excluding carboxylic acids is 1. The molecule has 8 nitrogen and oxygen atoms in total. The molecule has 4 rings (SSSR count). The minimum Gasteiger partial charge on any atom is -0.504 e. The summed E-state index contributed by atoms with van der Waals surface area (Å²) < 4.78 is 0.702. The lowest BCUT2D eigenvalue weighted by Gasteiger charge is -2.37. The molecule has 164 valence electrons. The van der Waals surface area contributed by atoms with Crippen molar-refractivity contribution in [2.45, 2.75) is 31.0 Å². The summed E-state index contributed by atoms with van der Waals surface area (Å²) in [5.74, 6) is -1.54. The number of nitro groups is 1. The molecule has 0 radical (unpaired) electrons. The molecule has 1 fully saturated rings. The van der Waals surface area contributed by atoms with Gasteiger partial charge in [0.1, 0.15) is 6.54 Å². The lowest BCUT2D eigenvalue weighted by atomic mass is 9.78. The first-order valence-electron chi connectivity index (χ1n) is 10.0. The summed E-state index contributed by atoms with van der Waals surface area (Å²) in [5.41, 5.74) is 1.87. The third kappa shape index (κ3) is 4.21. The molecule has 32 heavy (non-hydrogen) atoms. The van der Waals surface area contributed by atoms with Gasteiger partial charge in [-0.15, -0.1) is 0 Å². The minimum absolute atomic E-state index is 0.00439. The molecule has 0 bridgehead atoms. The van der Waals surface area contributed by atoms with Gasteiger partial charge in [0.25, 0.3) is 6.04 Å². The van der Waals surface area contributed by atoms with Gasteiger partial charge in [0.05, 0.1) is 12.3 Å². The van der Waals surface area contributed by atoms with Gasteiger partial charge in [0, 0.05) is 32.9 Å². The molecule has 0 spiro atoms. The van der Waals surface area contributed by atoms with Gasteiger partial charge in [-0.2, -0.15) is 0 Å². The maximum absolute atomic E-state index is 13.4. The third-order valence-electron chi connectivity index (χ3n) is 5.92. The number of hydrogen-bond donors (Lipinski definition) is 3. The van der Waals surface area contributed by atoms with E-state index in [1.54, 1.807) is 36.7 Å². The predicted octanol–water partition coefficient (Wildman–Crippen LogP) is 2.74. The van der Waals surface area contributed by atoms with Crippen LogP contribution in [0.3, 0.4) is 0 Å². The molecule has 2 heterocycles. The number of aromatic nitrogens is 1. The van der Waals surface area contributed by atoms with E-state index < -0.39 is 18.0 Å². The highest BCUT2D eigenvalue weighted by atomic mass is 79.9. The summed E-state index contributed by atoms with van der Waals surface area (Å²) in [6.45, 7) is 0.214. The van der Waals surface area contributed by atoms with Crippen LogP contribution in [-0.4, -0.2) is 32.1 Å². The number of amides is 1. The number of quaternary nitrogens is 1. The van der Waals surface area contributed by atoms with Crippen molar-refractivity contribution in [1.29, 1.82) is 0 Å². The first kappa shape index (κ1) is 21.9. The van der Waals surface area contributed by atoms with E-state index in [1.165, 1.54) is 18.2 Å². The maximum Gasteiger partial charge on any atom is 0.313 e. The minimum atomic E-state index is -1.14. The van der Waals surface area contributed by atoms with Crippen molar-refractivity contribution in [1.82, 2.24) is 4.98 Å². The Balaban J connectivity index is 1.85. The lowest BCUT2D eigenvalue weighted by Crippen LogP contribution is -3.16. The molecule has 1 aromatic heterocycles. The number of pyridine rings is 1. The number of piperidine rings is 1. The van der Waals surface area contributed by atoms with E-state index in [0.717, 1.165) is 5.56 Å². The second-order valence-corrected chi connectivity index (χ2v) is 8.67. The Kier molecular flexibility index (Phi) is 6.20. The Bertz CT molecular complexity index is 1160. The van der Waals surface area contributed by atoms with Crippen molar-refractivity contribution in [2.75, 3.05) is 0 Å². The number of likely N-dealkylation sites (tertiary alicyclic amines) is 1. The largest absolute Gasteiger partial charge is 0.504 e. The normalized spacial score (nSPS) is 23.1. The van der Waals surface area contributed by atoms with Crippen LogP contribution in [0, 0.1) is 10.1 Å². The SMILES string of the molecule is O=C1CC(c2ccccc2Br)C([N+](=O)[O-])C(c2ccc(O)c(O)c2)[NH+]1Cc1cccnc1. The molecule has 1 amide bonds. The number of carbonyl (C=O) groups is 1. The smallest absolute Gasteiger partial charge is 0.313 e. The summed E-state index contributed by atoms with van der Waals surface area (Å²) in [6, 6.07) is 12.9. The van der Waals surface area contributed by atoms with Crippen LogP contribution in [0.25, 0.3) is 0 Å². The zero-order valence-corrected chi connectivity index (χ0v) is 18.5. The van der Waals surface area contributed by atoms with Crippen LogP contribution in [0.1, 0.15) is 35.1 Å². The molecule has 0 aliphatic carbocycles. The monoisotopic (exact) mass is 498 g/mol. The standard InChI is InChI=1S/C23H20BrN3O5/c24-18-6-2-1-5-16(18)17-11-21(30)26(13-14-4-3-9-25-12-14)22(23(17)27(31)32)15-7-8-19(28)20(29)10-15/h1-10,12,17,22-23,28-29H,11,13H2/p+1. The van der Waals surface area contributed by atoms with Gasteiger partial charge in [-0.05, 0) is 35.9 Å². The number of halogens is 1. The number of phenols is 2. The van der Waals surface area contributed by atoms with Crippen molar-refractivity contribution < 1.29 is 24.8 Å². The van der Waals surface area contributed by atoms with Crippen LogP contribution >= 0.6 is 15.9 Å². The summed E-state index contributed by atoms with van der Waals surface area (Å²) in [7, 11) is 0. The Hall–Kier alpha value is -3.30. The van der Waals surface area contributed by atoms with Crippen LogP contribution in [0.2, 0.25) is 0 Å². The Morgan fingerprint density at radius 2 is 1.91 bits per heavy atom. The van der Waals surface area contributed by atoms with Gasteiger partial charge in [-0.3, -0.25) is 20.0 Å². The molecule has 3 aromatic rings. The van der Waals surface area contributed by atoms with Crippen molar-refractivity contribution in [3.8, 4) is 11.5 Å². The number of benzene rings is 2. The second-order valence-electron chi connectivity index (χ2n) is 7.82. The van der Waals surface area contributed by atoms with Gasteiger partial charge in [0.15, 0.2) is 17.5 Å². The van der Waals surface area contributed by atoms with Gasteiger partial charge < -0.3 is 10.2 Å². The van der Waals surface area contributed by atoms with Crippen LogP contribution in [-0.2, 0) is 11.3 Å². The molecule has 4 atom stereocenters. The molecule has 1 aliphatic heterocycles. The van der Waals surface area contributed by atoms with E-state index in [4.69, 9.17) is 0 Å². The summed E-state index contributed by atoms with van der Waals surface area (Å²) in [6.07, 6.45) is 3.26. The number of nitrogens with one attached hydrogen (secondary N) is 1. The Labute approximate surface area is 192 Å². The van der Waals surface area contributed by atoms with E-state index >= 15 is 0 Å². The van der Waals surface area contributed by atoms with E-state index in [1.807, 2.05) is 12.1 Å². The highest BCUT2D eigenvalue weighted by Crippen LogP contribution is 2.39. The Morgan fingerprint density at radius 1 is 1.12 bits per heavy atom. The van der Waals surface area contributed by atoms with Crippen LogP contribution in [0.5, 0.6) is 11.5 Å². The zero-order valence-electron chi connectivity index (χ0n) is 16.9. The van der Waals surface area contributed by atoms with Crippen molar-refractivity contribution in [3.05, 3.63) is 98.3 Å². The number of rotatable bonds is 5. The molecular formula is C23H21BrN3O5+. The fourth-order valence-corrected chi connectivity index (χ4v) is 5.04. The molecule has 3 N–H and O–H groups in total. The summed E-state index contributed by atoms with van der Waals surface area (Å²) in [4.78, 5) is 30.0. The predicted molar refractivity (Wildman–Crippen MR) is 119 cm³/mol. The molecule has 1 aliphatic rings. The average Bonchev–Trinajstić information content (AvgIpc) is 2.77. The molecule has 9 heteroatoms. The first-order chi connectivity index (χ1) is 15.4. The van der Waals surface area contributed by atoms with Crippen LogP contribution < -0.4 is 4.90 Å². The second kappa shape index (κ2) is 9.05. The van der Waals surface area contributed by atoms with Gasteiger partial charge in [0.2, 0.25) is 0 Å². The molecule has 2 aromatic carbocycles. The molecular weight excluding hydrogens is 478 g/mol. The van der Waals surface area contributed by atoms with Gasteiger partial charge in [-0.1, -0.05) is 40.2 Å². The number of nitrogens with zero attached hydrogens (tertiary/aromatic N) is 2. The Morgan fingerprint density at radius 3 is 2.56 bits per heavy atom. The lowest BCUT2D eigenvalue weighted by molar-refractivity contribution is -0.891. The summed E-state index contributed by atoms with van der Waals surface area (Å²) in [5, 5.41) is 32.3. The van der Waals surface area contributed by atoms with Gasteiger partial charge in [-0.25, -0.2) is 4.79 Å². The third-order valence-corrected chi connectivity index (χ3v) is 6.64. The topological polar surface area (TPSA) is 118 Å². The molecule has 0 saturated carbocycles. The molecule has 4 unspecified atom stereocenters. The number of hydrogen-bond acceptors (Lipinski definition) is 6. The fourth-order valence-electron chi connectivity index (χ4n) is 4.47. The average molecular weight is 499 g/mol. The van der Waals surface area contributed by atoms with Gasteiger partial charge >= 0.3 is 5.91 Å². The van der Waals surface area contributed by atoms with Crippen molar-refractivity contribution in [2.24, 2.45) is 0 Å². The van der Waals surface area contributed by atoms with E-state index in [-0.39, 0.29) is 35.3 Å². The highest BCUT2D eigenvalue weighted by molar-refractivity contribution is 9.10. The van der Waals surface area contributed by atoms with Crippen LogP contribution in [0.15, 0.2) is 71.5 Å².